The number of carbonyl (C=O) groups is 1. The lowest BCUT2D eigenvalue weighted by molar-refractivity contribution is 0.0527. The standard InChI is InChI=1S/C18H17ClN4O2/c1-3-25-17(24)13-9-15(14-6-7-21-18(20)23-14)22-16(13)12-8-11(19)5-4-10(12)2/h4-9,22H,3H2,1-2H3,(H2,20,21,23). The lowest BCUT2D eigenvalue weighted by Crippen LogP contribution is -2.05. The van der Waals surface area contributed by atoms with Crippen molar-refractivity contribution in [3.05, 3.63) is 52.7 Å². The Morgan fingerprint density at radius 3 is 2.84 bits per heavy atom. The van der Waals surface area contributed by atoms with Crippen LogP contribution in [-0.4, -0.2) is 27.5 Å². The highest BCUT2D eigenvalue weighted by Crippen LogP contribution is 2.32. The largest absolute Gasteiger partial charge is 0.462 e. The first-order valence-corrected chi connectivity index (χ1v) is 8.13. The Morgan fingerprint density at radius 2 is 2.12 bits per heavy atom. The van der Waals surface area contributed by atoms with Gasteiger partial charge < -0.3 is 15.5 Å². The van der Waals surface area contributed by atoms with E-state index in [1.807, 2.05) is 19.1 Å². The Balaban J connectivity index is 2.19. The molecule has 6 nitrogen and oxygen atoms in total. The molecule has 0 fully saturated rings. The Labute approximate surface area is 150 Å². The molecule has 1 aromatic carbocycles. The number of carbonyl (C=O) groups excluding carboxylic acids is 1. The summed E-state index contributed by atoms with van der Waals surface area (Å²) in [5.41, 5.74) is 9.74. The Morgan fingerprint density at radius 1 is 1.32 bits per heavy atom. The van der Waals surface area contributed by atoms with Crippen LogP contribution in [0.2, 0.25) is 5.02 Å². The van der Waals surface area contributed by atoms with Crippen LogP contribution in [0.3, 0.4) is 0 Å². The number of rotatable bonds is 4. The number of esters is 1. The van der Waals surface area contributed by atoms with E-state index in [1.54, 1.807) is 31.3 Å². The molecule has 0 saturated carbocycles. The molecule has 0 bridgehead atoms. The SMILES string of the molecule is CCOC(=O)c1cc(-c2ccnc(N)n2)[nH]c1-c1cc(Cl)ccc1C. The van der Waals surface area contributed by atoms with Crippen molar-refractivity contribution in [2.75, 3.05) is 12.3 Å². The summed E-state index contributed by atoms with van der Waals surface area (Å²) in [5.74, 6) is -0.258. The monoisotopic (exact) mass is 356 g/mol. The molecule has 0 amide bonds. The number of nitrogen functional groups attached to an aromatic ring is 1. The van der Waals surface area contributed by atoms with E-state index < -0.39 is 5.97 Å². The van der Waals surface area contributed by atoms with Gasteiger partial charge in [0.05, 0.1) is 29.3 Å². The first-order chi connectivity index (χ1) is 12.0. The van der Waals surface area contributed by atoms with E-state index in [1.165, 1.54) is 0 Å². The zero-order chi connectivity index (χ0) is 18.0. The number of halogens is 1. The summed E-state index contributed by atoms with van der Waals surface area (Å²) in [7, 11) is 0. The molecule has 7 heteroatoms. The minimum Gasteiger partial charge on any atom is -0.462 e. The molecule has 0 aliphatic heterocycles. The van der Waals surface area contributed by atoms with Crippen molar-refractivity contribution in [1.29, 1.82) is 0 Å². The minimum absolute atomic E-state index is 0.158. The lowest BCUT2D eigenvalue weighted by Gasteiger charge is -2.08. The number of hydrogen-bond acceptors (Lipinski definition) is 5. The molecule has 128 valence electrons. The molecule has 0 aliphatic carbocycles. The van der Waals surface area contributed by atoms with Crippen LogP contribution in [-0.2, 0) is 4.74 Å². The summed E-state index contributed by atoms with van der Waals surface area (Å²) >= 11 is 6.14. The smallest absolute Gasteiger partial charge is 0.340 e. The maximum absolute atomic E-state index is 12.4. The molecule has 0 aliphatic rings. The normalized spacial score (nSPS) is 10.7. The third kappa shape index (κ3) is 3.49. The lowest BCUT2D eigenvalue weighted by atomic mass is 10.0. The molecule has 0 atom stereocenters. The van der Waals surface area contributed by atoms with Crippen molar-refractivity contribution in [2.24, 2.45) is 0 Å². The second kappa shape index (κ2) is 6.94. The van der Waals surface area contributed by atoms with Gasteiger partial charge in [0.25, 0.3) is 0 Å². The van der Waals surface area contributed by atoms with Gasteiger partial charge in [0.2, 0.25) is 5.95 Å². The predicted octanol–water partition coefficient (Wildman–Crippen LogP) is 3.86. The van der Waals surface area contributed by atoms with Gasteiger partial charge in [-0.25, -0.2) is 14.8 Å². The van der Waals surface area contributed by atoms with Crippen molar-refractivity contribution >= 4 is 23.5 Å². The number of nitrogens with two attached hydrogens (primary N) is 1. The summed E-state index contributed by atoms with van der Waals surface area (Å²) in [6, 6.07) is 8.93. The summed E-state index contributed by atoms with van der Waals surface area (Å²) in [4.78, 5) is 23.7. The van der Waals surface area contributed by atoms with Crippen molar-refractivity contribution in [1.82, 2.24) is 15.0 Å². The quantitative estimate of drug-likeness (QED) is 0.692. The fourth-order valence-corrected chi connectivity index (χ4v) is 2.73. The van der Waals surface area contributed by atoms with Crippen LogP contribution in [0.4, 0.5) is 5.95 Å². The third-order valence-electron chi connectivity index (χ3n) is 3.73. The van der Waals surface area contributed by atoms with Crippen LogP contribution in [0.5, 0.6) is 0 Å². The van der Waals surface area contributed by atoms with Gasteiger partial charge in [-0.2, -0.15) is 0 Å². The Hall–Kier alpha value is -2.86. The highest BCUT2D eigenvalue weighted by Gasteiger charge is 2.20. The number of aromatic nitrogens is 3. The molecular weight excluding hydrogens is 340 g/mol. The first-order valence-electron chi connectivity index (χ1n) is 7.75. The van der Waals surface area contributed by atoms with Crippen molar-refractivity contribution in [3.8, 4) is 22.6 Å². The Bertz CT molecular complexity index is 937. The van der Waals surface area contributed by atoms with Crippen LogP contribution < -0.4 is 5.73 Å². The highest BCUT2D eigenvalue weighted by molar-refractivity contribution is 6.31. The molecule has 2 aromatic heterocycles. The second-order valence-corrected chi connectivity index (χ2v) is 5.89. The van der Waals surface area contributed by atoms with Gasteiger partial charge in [-0.15, -0.1) is 0 Å². The second-order valence-electron chi connectivity index (χ2n) is 5.45. The summed E-state index contributed by atoms with van der Waals surface area (Å²) < 4.78 is 5.18. The fourth-order valence-electron chi connectivity index (χ4n) is 2.56. The van der Waals surface area contributed by atoms with E-state index >= 15 is 0 Å². The molecule has 0 unspecified atom stereocenters. The minimum atomic E-state index is -0.415. The molecule has 0 radical (unpaired) electrons. The average molecular weight is 357 g/mol. The van der Waals surface area contributed by atoms with Crippen molar-refractivity contribution in [3.63, 3.8) is 0 Å². The van der Waals surface area contributed by atoms with Gasteiger partial charge in [-0.05, 0) is 43.7 Å². The molecule has 3 N–H and O–H groups in total. The van der Waals surface area contributed by atoms with Gasteiger partial charge in [0, 0.05) is 16.8 Å². The molecule has 0 saturated heterocycles. The summed E-state index contributed by atoms with van der Waals surface area (Å²) in [6.07, 6.45) is 1.56. The molecule has 3 rings (SSSR count). The van der Waals surface area contributed by atoms with Crippen LogP contribution in [0.15, 0.2) is 36.5 Å². The fraction of sp³-hybridized carbons (Fsp3) is 0.167. The molecule has 25 heavy (non-hydrogen) atoms. The average Bonchev–Trinajstić information content (AvgIpc) is 3.02. The number of ether oxygens (including phenoxy) is 1. The van der Waals surface area contributed by atoms with E-state index in [0.717, 1.165) is 11.1 Å². The zero-order valence-electron chi connectivity index (χ0n) is 13.8. The number of H-pyrrole nitrogens is 1. The van der Waals surface area contributed by atoms with Gasteiger partial charge in [-0.1, -0.05) is 17.7 Å². The van der Waals surface area contributed by atoms with Gasteiger partial charge in [0.15, 0.2) is 0 Å². The number of nitrogens with zero attached hydrogens (tertiary/aromatic N) is 2. The molecule has 0 spiro atoms. The number of benzene rings is 1. The summed E-state index contributed by atoms with van der Waals surface area (Å²) in [5, 5.41) is 0.581. The van der Waals surface area contributed by atoms with Gasteiger partial charge in [-0.3, -0.25) is 0 Å². The predicted molar refractivity (Wildman–Crippen MR) is 97.4 cm³/mol. The highest BCUT2D eigenvalue weighted by atomic mass is 35.5. The van der Waals surface area contributed by atoms with E-state index in [0.29, 0.717) is 27.7 Å². The van der Waals surface area contributed by atoms with Crippen LogP contribution in [0.1, 0.15) is 22.8 Å². The zero-order valence-corrected chi connectivity index (χ0v) is 14.6. The van der Waals surface area contributed by atoms with Crippen molar-refractivity contribution in [2.45, 2.75) is 13.8 Å². The maximum atomic E-state index is 12.4. The van der Waals surface area contributed by atoms with E-state index in [4.69, 9.17) is 22.1 Å². The van der Waals surface area contributed by atoms with Crippen molar-refractivity contribution < 1.29 is 9.53 Å². The molecule has 2 heterocycles. The molecular formula is C18H17ClN4O2. The number of aryl methyl sites for hydroxylation is 1. The number of anilines is 1. The summed E-state index contributed by atoms with van der Waals surface area (Å²) in [6.45, 7) is 4.00. The maximum Gasteiger partial charge on any atom is 0.340 e. The first kappa shape index (κ1) is 17.0. The van der Waals surface area contributed by atoms with Crippen LogP contribution in [0, 0.1) is 6.92 Å². The van der Waals surface area contributed by atoms with E-state index in [9.17, 15) is 4.79 Å². The third-order valence-corrected chi connectivity index (χ3v) is 3.97. The Kier molecular flexibility index (Phi) is 4.72. The van der Waals surface area contributed by atoms with Crippen LogP contribution >= 0.6 is 11.6 Å². The van der Waals surface area contributed by atoms with Crippen LogP contribution in [0.25, 0.3) is 22.6 Å². The van der Waals surface area contributed by atoms with Gasteiger partial charge in [0.1, 0.15) is 0 Å². The number of nitrogens with one attached hydrogen (secondary N) is 1. The number of hydrogen-bond donors (Lipinski definition) is 2. The molecule has 3 aromatic rings. The van der Waals surface area contributed by atoms with E-state index in [-0.39, 0.29) is 12.6 Å². The van der Waals surface area contributed by atoms with E-state index in [2.05, 4.69) is 15.0 Å². The van der Waals surface area contributed by atoms with Gasteiger partial charge >= 0.3 is 5.97 Å². The topological polar surface area (TPSA) is 93.9 Å². The number of aromatic amines is 1.